The normalized spacial score (nSPS) is 22.2. The van der Waals surface area contributed by atoms with Crippen LogP contribution in [-0.4, -0.2) is 46.3 Å². The van der Waals surface area contributed by atoms with E-state index in [9.17, 15) is 13.2 Å². The third-order valence-electron chi connectivity index (χ3n) is 5.14. The van der Waals surface area contributed by atoms with Crippen molar-refractivity contribution in [3.63, 3.8) is 0 Å². The maximum atomic E-state index is 13.1. The molecule has 1 heterocycles. The monoisotopic (exact) mass is 350 g/mol. The fourth-order valence-corrected chi connectivity index (χ4v) is 3.88. The first-order valence-corrected chi connectivity index (χ1v) is 10.2. The van der Waals surface area contributed by atoms with E-state index in [1.165, 1.54) is 12.8 Å². The molecule has 1 aromatic rings. The van der Waals surface area contributed by atoms with Crippen LogP contribution in [0.1, 0.15) is 25.7 Å². The lowest BCUT2D eigenvalue weighted by atomic mass is 10.0. The molecule has 2 aliphatic carbocycles. The Morgan fingerprint density at radius 3 is 2.46 bits per heavy atom. The Labute approximate surface area is 142 Å². The molecule has 1 amide bonds. The maximum Gasteiger partial charge on any atom is 0.264 e. The summed E-state index contributed by atoms with van der Waals surface area (Å²) in [6.07, 6.45) is 4.83. The van der Waals surface area contributed by atoms with E-state index in [1.807, 2.05) is 23.1 Å². The Balaban J connectivity index is 1.58. The summed E-state index contributed by atoms with van der Waals surface area (Å²) in [5, 5.41) is 0. The number of hydrogen-bond donors (Lipinski definition) is 0. The number of benzene rings is 1. The van der Waals surface area contributed by atoms with Crippen molar-refractivity contribution in [1.29, 1.82) is 0 Å². The van der Waals surface area contributed by atoms with Crippen molar-refractivity contribution in [2.75, 3.05) is 35.8 Å². The third kappa shape index (κ3) is 2.91. The highest BCUT2D eigenvalue weighted by atomic mass is 32.2. The van der Waals surface area contributed by atoms with Crippen LogP contribution in [0.3, 0.4) is 0 Å². The van der Waals surface area contributed by atoms with E-state index in [-0.39, 0.29) is 12.5 Å². The number of nitrogens with zero attached hydrogens (tertiary/aromatic N) is 2. The summed E-state index contributed by atoms with van der Waals surface area (Å²) in [4.78, 5) is 17.3. The Morgan fingerprint density at radius 2 is 1.88 bits per heavy atom. The predicted molar refractivity (Wildman–Crippen MR) is 91.6 cm³/mol. The van der Waals surface area contributed by atoms with Crippen LogP contribution < -0.4 is 9.80 Å². The van der Waals surface area contributed by atoms with Crippen LogP contribution >= 0.6 is 0 Å². The minimum atomic E-state index is -3.53. The first-order chi connectivity index (χ1) is 11.4. The van der Waals surface area contributed by atoms with E-state index in [4.69, 9.17) is 4.18 Å². The number of carbonyl (C=O) groups excluding carboxylic acids is 1. The molecule has 0 aromatic heterocycles. The average Bonchev–Trinajstić information content (AvgIpc) is 3.45. The van der Waals surface area contributed by atoms with E-state index in [0.717, 1.165) is 24.2 Å². The summed E-state index contributed by atoms with van der Waals surface area (Å²) in [5.41, 5.74) is 1.38. The molecule has 130 valence electrons. The Bertz CT molecular complexity index is 769. The van der Waals surface area contributed by atoms with E-state index in [1.54, 1.807) is 0 Å². The molecule has 0 bridgehead atoms. The number of anilines is 2. The molecule has 2 saturated carbocycles. The Kier molecular flexibility index (Phi) is 3.61. The highest BCUT2D eigenvalue weighted by molar-refractivity contribution is 7.85. The van der Waals surface area contributed by atoms with E-state index in [0.29, 0.717) is 25.4 Å². The maximum absolute atomic E-state index is 13.1. The van der Waals surface area contributed by atoms with Crippen LogP contribution in [0, 0.1) is 5.41 Å². The molecule has 1 aromatic carbocycles. The van der Waals surface area contributed by atoms with Gasteiger partial charge in [0.25, 0.3) is 10.1 Å². The third-order valence-corrected chi connectivity index (χ3v) is 5.68. The molecule has 7 heteroatoms. The van der Waals surface area contributed by atoms with Crippen molar-refractivity contribution in [2.45, 2.75) is 31.7 Å². The zero-order chi connectivity index (χ0) is 16.9. The molecule has 0 saturated heterocycles. The van der Waals surface area contributed by atoms with Gasteiger partial charge in [-0.05, 0) is 37.8 Å². The molecular weight excluding hydrogens is 328 g/mol. The minimum absolute atomic E-state index is 0.00551. The summed E-state index contributed by atoms with van der Waals surface area (Å²) in [5.74, 6) is -0.00551. The van der Waals surface area contributed by atoms with Gasteiger partial charge in [0.15, 0.2) is 0 Å². The molecule has 0 radical (unpaired) electrons. The molecular formula is C17H22N2O4S. The number of carbonyl (C=O) groups is 1. The highest BCUT2D eigenvalue weighted by Crippen LogP contribution is 2.50. The average molecular weight is 350 g/mol. The number of hydrogen-bond acceptors (Lipinski definition) is 5. The quantitative estimate of drug-likeness (QED) is 0.757. The number of fused-ring (bicyclic) bond motifs is 1. The van der Waals surface area contributed by atoms with E-state index in [2.05, 4.69) is 11.0 Å². The topological polar surface area (TPSA) is 66.9 Å². The zero-order valence-corrected chi connectivity index (χ0v) is 14.6. The largest absolute Gasteiger partial charge is 0.365 e. The second-order valence-corrected chi connectivity index (χ2v) is 8.76. The van der Waals surface area contributed by atoms with Crippen LogP contribution in [0.5, 0.6) is 0 Å². The molecule has 4 rings (SSSR count). The van der Waals surface area contributed by atoms with Crippen LogP contribution in [-0.2, 0) is 19.1 Å². The van der Waals surface area contributed by atoms with Crippen molar-refractivity contribution in [1.82, 2.24) is 0 Å². The summed E-state index contributed by atoms with van der Waals surface area (Å²) in [6, 6.07) is 8.60. The van der Waals surface area contributed by atoms with Crippen molar-refractivity contribution in [2.24, 2.45) is 5.41 Å². The molecule has 3 aliphatic rings. The van der Waals surface area contributed by atoms with Crippen molar-refractivity contribution >= 4 is 27.4 Å². The van der Waals surface area contributed by atoms with Gasteiger partial charge in [0.1, 0.15) is 0 Å². The molecule has 0 atom stereocenters. The van der Waals surface area contributed by atoms with Gasteiger partial charge in [-0.3, -0.25) is 8.98 Å². The highest BCUT2D eigenvalue weighted by Gasteiger charge is 2.53. The molecule has 0 spiro atoms. The van der Waals surface area contributed by atoms with E-state index >= 15 is 0 Å². The molecule has 1 aliphatic heterocycles. The number of rotatable bonds is 5. The first kappa shape index (κ1) is 15.9. The first-order valence-electron chi connectivity index (χ1n) is 8.42. The molecule has 0 N–H and O–H groups in total. The molecule has 24 heavy (non-hydrogen) atoms. The lowest BCUT2D eigenvalue weighted by Crippen LogP contribution is -2.48. The van der Waals surface area contributed by atoms with Gasteiger partial charge in [-0.25, -0.2) is 0 Å². The van der Waals surface area contributed by atoms with Crippen LogP contribution in [0.15, 0.2) is 24.3 Å². The molecule has 6 nitrogen and oxygen atoms in total. The number of amides is 1. The van der Waals surface area contributed by atoms with Gasteiger partial charge in [0, 0.05) is 19.1 Å². The van der Waals surface area contributed by atoms with Gasteiger partial charge in [-0.15, -0.1) is 0 Å². The van der Waals surface area contributed by atoms with Crippen molar-refractivity contribution < 1.29 is 17.4 Å². The Morgan fingerprint density at radius 1 is 1.21 bits per heavy atom. The summed E-state index contributed by atoms with van der Waals surface area (Å²) < 4.78 is 27.5. The molecule has 2 fully saturated rings. The molecule has 0 unspecified atom stereocenters. The fourth-order valence-electron chi connectivity index (χ4n) is 3.44. The van der Waals surface area contributed by atoms with Gasteiger partial charge < -0.3 is 9.80 Å². The predicted octanol–water partition coefficient (Wildman–Crippen LogP) is 1.76. The van der Waals surface area contributed by atoms with Gasteiger partial charge in [-0.2, -0.15) is 8.42 Å². The second-order valence-electron chi connectivity index (χ2n) is 7.12. The lowest BCUT2D eigenvalue weighted by Gasteiger charge is -2.39. The van der Waals surface area contributed by atoms with E-state index < -0.39 is 15.5 Å². The minimum Gasteiger partial charge on any atom is -0.365 e. The smallest absolute Gasteiger partial charge is 0.264 e. The summed E-state index contributed by atoms with van der Waals surface area (Å²) in [6.45, 7) is 1.43. The summed E-state index contributed by atoms with van der Waals surface area (Å²) in [7, 11) is -3.53. The van der Waals surface area contributed by atoms with Crippen LogP contribution in [0.25, 0.3) is 0 Å². The Hall–Kier alpha value is -1.60. The van der Waals surface area contributed by atoms with Gasteiger partial charge in [0.2, 0.25) is 5.91 Å². The van der Waals surface area contributed by atoms with Gasteiger partial charge in [-0.1, -0.05) is 12.1 Å². The fraction of sp³-hybridized carbons (Fsp3) is 0.588. The number of para-hydroxylation sites is 2. The van der Waals surface area contributed by atoms with Gasteiger partial charge in [0.05, 0.1) is 29.7 Å². The lowest BCUT2D eigenvalue weighted by molar-refractivity contribution is -0.124. The van der Waals surface area contributed by atoms with Crippen LogP contribution in [0.2, 0.25) is 0 Å². The summed E-state index contributed by atoms with van der Waals surface area (Å²) >= 11 is 0. The standard InChI is InChI=1S/C17H22N2O4S/c1-24(21,22)23-12-17(8-9-17)16(20)19-11-10-18(13-6-7-13)14-4-2-3-5-15(14)19/h2-5,13H,6-12H2,1H3. The van der Waals surface area contributed by atoms with Crippen molar-refractivity contribution in [3.05, 3.63) is 24.3 Å². The second kappa shape index (κ2) is 5.46. The zero-order valence-electron chi connectivity index (χ0n) is 13.8. The van der Waals surface area contributed by atoms with Crippen LogP contribution in [0.4, 0.5) is 11.4 Å². The SMILES string of the molecule is CS(=O)(=O)OCC1(C(=O)N2CCN(C3CC3)c3ccccc32)CC1. The van der Waals surface area contributed by atoms with Gasteiger partial charge >= 0.3 is 0 Å². The van der Waals surface area contributed by atoms with Crippen molar-refractivity contribution in [3.8, 4) is 0 Å².